The van der Waals surface area contributed by atoms with Gasteiger partial charge in [0, 0.05) is 11.8 Å². The summed E-state index contributed by atoms with van der Waals surface area (Å²) >= 11 is 0. The number of nitro groups is 1. The number of ether oxygens (including phenoxy) is 1. The van der Waals surface area contributed by atoms with E-state index in [-0.39, 0.29) is 11.3 Å². The normalized spacial score (nSPS) is 11.4. The maximum absolute atomic E-state index is 12.1. The molecule has 0 radical (unpaired) electrons. The Labute approximate surface area is 144 Å². The van der Waals surface area contributed by atoms with Crippen molar-refractivity contribution in [3.63, 3.8) is 0 Å². The zero-order chi connectivity index (χ0) is 18.4. The molecular formula is C18H18N2O5. The van der Waals surface area contributed by atoms with Crippen molar-refractivity contribution >= 4 is 23.3 Å². The van der Waals surface area contributed by atoms with Gasteiger partial charge in [0.2, 0.25) is 0 Å². The highest BCUT2D eigenvalue weighted by Gasteiger charge is 2.24. The number of hydrogen-bond donors (Lipinski definition) is 1. The molecule has 0 aliphatic heterocycles. The van der Waals surface area contributed by atoms with E-state index in [1.54, 1.807) is 12.1 Å². The number of nitrogens with one attached hydrogen (secondary N) is 1. The molecule has 0 spiro atoms. The number of benzene rings is 2. The summed E-state index contributed by atoms with van der Waals surface area (Å²) in [5, 5.41) is 13.6. The second-order valence-electron chi connectivity index (χ2n) is 5.36. The van der Waals surface area contributed by atoms with Gasteiger partial charge in [-0.1, -0.05) is 31.2 Å². The molecule has 1 N–H and O–H groups in total. The minimum absolute atomic E-state index is 0.195. The third kappa shape index (κ3) is 4.63. The molecule has 0 bridgehead atoms. The highest BCUT2D eigenvalue weighted by atomic mass is 16.6. The number of amides is 1. The molecule has 2 rings (SSSR count). The topological polar surface area (TPSA) is 98.5 Å². The molecule has 0 aromatic heterocycles. The molecule has 2 aromatic carbocycles. The van der Waals surface area contributed by atoms with Crippen molar-refractivity contribution < 1.29 is 19.2 Å². The van der Waals surface area contributed by atoms with E-state index < -0.39 is 22.9 Å². The molecule has 0 aliphatic rings. The van der Waals surface area contributed by atoms with Gasteiger partial charge in [0.25, 0.3) is 11.6 Å². The zero-order valence-electron chi connectivity index (χ0n) is 13.9. The maximum atomic E-state index is 12.1. The molecule has 25 heavy (non-hydrogen) atoms. The van der Waals surface area contributed by atoms with E-state index in [0.29, 0.717) is 5.69 Å². The zero-order valence-corrected chi connectivity index (χ0v) is 13.9. The largest absolute Gasteiger partial charge is 0.449 e. The number of para-hydroxylation sites is 1. The van der Waals surface area contributed by atoms with E-state index in [4.69, 9.17) is 4.74 Å². The molecule has 0 saturated heterocycles. The number of carbonyl (C=O) groups is 2. The number of esters is 1. The fraction of sp³-hybridized carbons (Fsp3) is 0.222. The molecule has 0 fully saturated rings. The second-order valence-corrected chi connectivity index (χ2v) is 5.36. The number of carbonyl (C=O) groups excluding carboxylic acids is 2. The van der Waals surface area contributed by atoms with Gasteiger partial charge in [-0.15, -0.1) is 0 Å². The van der Waals surface area contributed by atoms with Crippen LogP contribution < -0.4 is 5.32 Å². The van der Waals surface area contributed by atoms with Crippen molar-refractivity contribution in [1.82, 2.24) is 0 Å². The molecule has 1 atom stereocenters. The Kier molecular flexibility index (Phi) is 5.84. The fourth-order valence-electron chi connectivity index (χ4n) is 2.15. The van der Waals surface area contributed by atoms with Gasteiger partial charge in [-0.3, -0.25) is 14.9 Å². The van der Waals surface area contributed by atoms with Crippen molar-refractivity contribution in [2.75, 3.05) is 5.32 Å². The Morgan fingerprint density at radius 3 is 2.40 bits per heavy atom. The van der Waals surface area contributed by atoms with E-state index in [1.807, 2.05) is 19.1 Å². The number of rotatable bonds is 6. The average Bonchev–Trinajstić information content (AvgIpc) is 2.62. The molecule has 1 amide bonds. The minimum atomic E-state index is -1.10. The monoisotopic (exact) mass is 342 g/mol. The van der Waals surface area contributed by atoms with Crippen LogP contribution in [0.4, 0.5) is 11.4 Å². The van der Waals surface area contributed by atoms with Crippen LogP contribution in [-0.2, 0) is 16.0 Å². The number of anilines is 1. The summed E-state index contributed by atoms with van der Waals surface area (Å²) in [4.78, 5) is 34.5. The Morgan fingerprint density at radius 1 is 1.16 bits per heavy atom. The lowest BCUT2D eigenvalue weighted by Gasteiger charge is -2.13. The smallest absolute Gasteiger partial charge is 0.345 e. The van der Waals surface area contributed by atoms with Crippen LogP contribution in [0.2, 0.25) is 0 Å². The molecule has 7 heteroatoms. The molecule has 0 unspecified atom stereocenters. The van der Waals surface area contributed by atoms with Gasteiger partial charge in [0.05, 0.1) is 4.92 Å². The summed E-state index contributed by atoms with van der Waals surface area (Å²) < 4.78 is 5.05. The standard InChI is InChI=1S/C18H18N2O5/c1-3-13-8-10-14(11-9-13)19-17(21)12(2)25-18(22)15-6-4-5-7-16(15)20(23)24/h4-12H,3H2,1-2H3,(H,19,21)/t12-/m0/s1. The van der Waals surface area contributed by atoms with Gasteiger partial charge in [0.15, 0.2) is 6.10 Å². The highest BCUT2D eigenvalue weighted by molar-refractivity contribution is 5.98. The van der Waals surface area contributed by atoms with Gasteiger partial charge < -0.3 is 10.1 Å². The summed E-state index contributed by atoms with van der Waals surface area (Å²) in [6.07, 6.45) is -0.212. The number of nitro benzene ring substituents is 1. The van der Waals surface area contributed by atoms with Crippen molar-refractivity contribution in [2.45, 2.75) is 26.4 Å². The first-order chi connectivity index (χ1) is 11.9. The molecule has 0 aliphatic carbocycles. The first-order valence-electron chi connectivity index (χ1n) is 7.76. The van der Waals surface area contributed by atoms with Gasteiger partial charge >= 0.3 is 5.97 Å². The van der Waals surface area contributed by atoms with E-state index in [9.17, 15) is 19.7 Å². The summed E-state index contributed by atoms with van der Waals surface area (Å²) in [7, 11) is 0. The van der Waals surface area contributed by atoms with Crippen LogP contribution in [-0.4, -0.2) is 22.9 Å². The summed E-state index contributed by atoms with van der Waals surface area (Å²) in [5.41, 5.74) is 1.15. The van der Waals surface area contributed by atoms with Gasteiger partial charge in [-0.2, -0.15) is 0 Å². The Balaban J connectivity index is 2.03. The first-order valence-corrected chi connectivity index (χ1v) is 7.76. The lowest BCUT2D eigenvalue weighted by atomic mass is 10.1. The van der Waals surface area contributed by atoms with Crippen LogP contribution in [0.25, 0.3) is 0 Å². The van der Waals surface area contributed by atoms with Gasteiger partial charge in [-0.05, 0) is 37.1 Å². The fourth-order valence-corrected chi connectivity index (χ4v) is 2.15. The van der Waals surface area contributed by atoms with Crippen LogP contribution in [0.5, 0.6) is 0 Å². The van der Waals surface area contributed by atoms with Crippen LogP contribution in [0.3, 0.4) is 0 Å². The van der Waals surface area contributed by atoms with Crippen LogP contribution in [0.15, 0.2) is 48.5 Å². The lowest BCUT2D eigenvalue weighted by molar-refractivity contribution is -0.385. The maximum Gasteiger partial charge on any atom is 0.345 e. The Hall–Kier alpha value is -3.22. The third-order valence-corrected chi connectivity index (χ3v) is 3.60. The van der Waals surface area contributed by atoms with Crippen LogP contribution in [0, 0.1) is 10.1 Å². The van der Waals surface area contributed by atoms with E-state index in [0.717, 1.165) is 12.0 Å². The van der Waals surface area contributed by atoms with Gasteiger partial charge in [-0.25, -0.2) is 4.79 Å². The minimum Gasteiger partial charge on any atom is -0.449 e. The van der Waals surface area contributed by atoms with Crippen molar-refractivity contribution in [3.8, 4) is 0 Å². The molecule has 0 saturated carbocycles. The summed E-state index contributed by atoms with van der Waals surface area (Å²) in [5.74, 6) is -1.44. The molecule has 2 aromatic rings. The number of aryl methyl sites for hydroxylation is 1. The number of hydrogen-bond acceptors (Lipinski definition) is 5. The van der Waals surface area contributed by atoms with Crippen molar-refractivity contribution in [2.24, 2.45) is 0 Å². The average molecular weight is 342 g/mol. The summed E-state index contributed by atoms with van der Waals surface area (Å²) in [6, 6.07) is 12.7. The molecule has 130 valence electrons. The number of nitrogens with zero attached hydrogens (tertiary/aromatic N) is 1. The highest BCUT2D eigenvalue weighted by Crippen LogP contribution is 2.19. The SMILES string of the molecule is CCc1ccc(NC(=O)[C@H](C)OC(=O)c2ccccc2[N+](=O)[O-])cc1. The van der Waals surface area contributed by atoms with E-state index in [1.165, 1.54) is 31.2 Å². The van der Waals surface area contributed by atoms with E-state index >= 15 is 0 Å². The van der Waals surface area contributed by atoms with E-state index in [2.05, 4.69) is 5.32 Å². The predicted molar refractivity (Wildman–Crippen MR) is 92.4 cm³/mol. The Bertz CT molecular complexity index is 786. The van der Waals surface area contributed by atoms with Gasteiger partial charge in [0.1, 0.15) is 5.56 Å². The molecule has 0 heterocycles. The lowest BCUT2D eigenvalue weighted by Crippen LogP contribution is -2.30. The summed E-state index contributed by atoms with van der Waals surface area (Å²) in [6.45, 7) is 3.43. The first kappa shape index (κ1) is 18.1. The third-order valence-electron chi connectivity index (χ3n) is 3.60. The predicted octanol–water partition coefficient (Wildman–Crippen LogP) is 3.34. The van der Waals surface area contributed by atoms with Crippen molar-refractivity contribution in [1.29, 1.82) is 0 Å². The Morgan fingerprint density at radius 2 is 1.80 bits per heavy atom. The molecular weight excluding hydrogens is 324 g/mol. The quantitative estimate of drug-likeness (QED) is 0.493. The second kappa shape index (κ2) is 8.05. The van der Waals surface area contributed by atoms with Crippen LogP contribution in [0.1, 0.15) is 29.8 Å². The van der Waals surface area contributed by atoms with Crippen molar-refractivity contribution in [3.05, 3.63) is 69.8 Å². The van der Waals surface area contributed by atoms with Crippen LogP contribution >= 0.6 is 0 Å². The molecule has 7 nitrogen and oxygen atoms in total.